The van der Waals surface area contributed by atoms with Crippen LogP contribution < -0.4 is 5.32 Å². The van der Waals surface area contributed by atoms with Crippen molar-refractivity contribution < 1.29 is 8.81 Å². The third kappa shape index (κ3) is 2.65. The number of oxazole rings is 1. The average Bonchev–Trinajstić information content (AvgIpc) is 2.78. The van der Waals surface area contributed by atoms with Crippen molar-refractivity contribution in [1.82, 2.24) is 10.3 Å². The third-order valence-corrected chi connectivity index (χ3v) is 2.68. The minimum absolute atomic E-state index is 0.0543. The van der Waals surface area contributed by atoms with Gasteiger partial charge < -0.3 is 9.73 Å². The molecule has 0 fully saturated rings. The van der Waals surface area contributed by atoms with Crippen molar-refractivity contribution in [3.63, 3.8) is 0 Å². The smallest absolute Gasteiger partial charge is 0.208 e. The topological polar surface area (TPSA) is 38.1 Å². The summed E-state index contributed by atoms with van der Waals surface area (Å²) in [6.07, 6.45) is 1.55. The zero-order valence-electron chi connectivity index (χ0n) is 9.34. The normalized spacial score (nSPS) is 10.8. The summed E-state index contributed by atoms with van der Waals surface area (Å²) in [6, 6.07) is 4.59. The van der Waals surface area contributed by atoms with Crippen LogP contribution in [0.4, 0.5) is 4.39 Å². The second-order valence-corrected chi connectivity index (χ2v) is 3.88. The molecule has 1 N–H and O–H groups in total. The lowest BCUT2D eigenvalue weighted by Crippen LogP contribution is -2.11. The van der Waals surface area contributed by atoms with E-state index in [2.05, 4.69) is 10.3 Å². The summed E-state index contributed by atoms with van der Waals surface area (Å²) in [5.41, 5.74) is 0.516. The number of nitrogens with one attached hydrogen (secondary N) is 1. The van der Waals surface area contributed by atoms with Gasteiger partial charge in [-0.3, -0.25) is 0 Å². The highest BCUT2D eigenvalue weighted by atomic mass is 35.5. The molecular weight excluding hydrogens is 243 g/mol. The van der Waals surface area contributed by atoms with Crippen LogP contribution >= 0.6 is 11.6 Å². The molecule has 0 saturated carbocycles. The average molecular weight is 255 g/mol. The Balaban J connectivity index is 2.27. The highest BCUT2D eigenvalue weighted by Crippen LogP contribution is 2.30. The summed E-state index contributed by atoms with van der Waals surface area (Å²) in [5, 5.41) is 3.15. The van der Waals surface area contributed by atoms with Crippen LogP contribution in [0.2, 0.25) is 5.02 Å². The molecule has 0 atom stereocenters. The Bertz CT molecular complexity index is 513. The van der Waals surface area contributed by atoms with Gasteiger partial charge in [-0.2, -0.15) is 0 Å². The Morgan fingerprint density at radius 2 is 2.29 bits per heavy atom. The summed E-state index contributed by atoms with van der Waals surface area (Å²) in [7, 11) is 0. The Morgan fingerprint density at radius 1 is 1.47 bits per heavy atom. The molecule has 1 aromatic carbocycles. The van der Waals surface area contributed by atoms with Crippen LogP contribution in [0.1, 0.15) is 12.8 Å². The van der Waals surface area contributed by atoms with Crippen molar-refractivity contribution in [3.05, 3.63) is 41.1 Å². The standard InChI is InChI=1S/C12H12ClFN2O/c1-2-15-7-11-16-6-10(17-11)8-4-3-5-9(14)12(8)13/h3-6,15H,2,7H2,1H3. The first-order valence-corrected chi connectivity index (χ1v) is 5.70. The summed E-state index contributed by atoms with van der Waals surface area (Å²) in [6.45, 7) is 3.37. The van der Waals surface area contributed by atoms with Gasteiger partial charge in [0.05, 0.1) is 17.8 Å². The van der Waals surface area contributed by atoms with Crippen molar-refractivity contribution in [2.24, 2.45) is 0 Å². The molecular formula is C12H12ClFN2O. The highest BCUT2D eigenvalue weighted by Gasteiger charge is 2.12. The molecule has 0 bridgehead atoms. The van der Waals surface area contributed by atoms with Crippen molar-refractivity contribution in [2.75, 3.05) is 6.54 Å². The second-order valence-electron chi connectivity index (χ2n) is 3.50. The lowest BCUT2D eigenvalue weighted by molar-refractivity contribution is 0.482. The maximum absolute atomic E-state index is 13.3. The van der Waals surface area contributed by atoms with Crippen LogP contribution in [0.5, 0.6) is 0 Å². The summed E-state index contributed by atoms with van der Waals surface area (Å²) in [4.78, 5) is 4.09. The Labute approximate surface area is 104 Å². The van der Waals surface area contributed by atoms with Crippen molar-refractivity contribution in [2.45, 2.75) is 13.5 Å². The van der Waals surface area contributed by atoms with Gasteiger partial charge in [-0.1, -0.05) is 24.6 Å². The van der Waals surface area contributed by atoms with E-state index in [1.54, 1.807) is 18.3 Å². The molecule has 17 heavy (non-hydrogen) atoms. The molecule has 3 nitrogen and oxygen atoms in total. The summed E-state index contributed by atoms with van der Waals surface area (Å²) < 4.78 is 18.8. The number of halogens is 2. The fraction of sp³-hybridized carbons (Fsp3) is 0.250. The van der Waals surface area contributed by atoms with Crippen molar-refractivity contribution >= 4 is 11.6 Å². The molecule has 0 aliphatic heterocycles. The van der Waals surface area contributed by atoms with Gasteiger partial charge in [0.25, 0.3) is 0 Å². The van der Waals surface area contributed by atoms with Crippen LogP contribution in [0.15, 0.2) is 28.8 Å². The first-order chi connectivity index (χ1) is 8.22. The molecule has 1 heterocycles. The number of hydrogen-bond donors (Lipinski definition) is 1. The van der Waals surface area contributed by atoms with Gasteiger partial charge in [0.15, 0.2) is 5.76 Å². The van der Waals surface area contributed by atoms with E-state index in [1.807, 2.05) is 6.92 Å². The summed E-state index contributed by atoms with van der Waals surface area (Å²) in [5.74, 6) is 0.568. The number of aromatic nitrogens is 1. The van der Waals surface area contributed by atoms with E-state index in [4.69, 9.17) is 16.0 Å². The Hall–Kier alpha value is -1.39. The first kappa shape index (κ1) is 12.1. The second kappa shape index (κ2) is 5.29. The van der Waals surface area contributed by atoms with Crippen LogP contribution in [-0.4, -0.2) is 11.5 Å². The van der Waals surface area contributed by atoms with Crippen LogP contribution in [0.3, 0.4) is 0 Å². The van der Waals surface area contributed by atoms with Gasteiger partial charge in [0.2, 0.25) is 5.89 Å². The molecule has 0 saturated heterocycles. The van der Waals surface area contributed by atoms with E-state index < -0.39 is 5.82 Å². The van der Waals surface area contributed by atoms with Gasteiger partial charge in [-0.05, 0) is 18.7 Å². The fourth-order valence-corrected chi connectivity index (χ4v) is 1.66. The molecule has 0 radical (unpaired) electrons. The lowest BCUT2D eigenvalue weighted by atomic mass is 10.2. The summed E-state index contributed by atoms with van der Waals surface area (Å²) >= 11 is 5.86. The van der Waals surface area contributed by atoms with Crippen molar-refractivity contribution in [1.29, 1.82) is 0 Å². The maximum atomic E-state index is 13.3. The molecule has 2 rings (SSSR count). The molecule has 0 aliphatic carbocycles. The SMILES string of the molecule is CCNCc1ncc(-c2cccc(F)c2Cl)o1. The Kier molecular flexibility index (Phi) is 3.76. The van der Waals surface area contributed by atoms with Crippen LogP contribution in [-0.2, 0) is 6.54 Å². The predicted molar refractivity (Wildman–Crippen MR) is 64.3 cm³/mol. The zero-order chi connectivity index (χ0) is 12.3. The van der Waals surface area contributed by atoms with E-state index in [-0.39, 0.29) is 5.02 Å². The number of hydrogen-bond acceptors (Lipinski definition) is 3. The largest absolute Gasteiger partial charge is 0.439 e. The van der Waals surface area contributed by atoms with Crippen LogP contribution in [0, 0.1) is 5.82 Å². The van der Waals surface area contributed by atoms with E-state index in [0.717, 1.165) is 6.54 Å². The minimum atomic E-state index is -0.464. The monoisotopic (exact) mass is 254 g/mol. The molecule has 0 unspecified atom stereocenters. The first-order valence-electron chi connectivity index (χ1n) is 5.32. The number of benzene rings is 1. The maximum Gasteiger partial charge on any atom is 0.208 e. The lowest BCUT2D eigenvalue weighted by Gasteiger charge is -2.00. The van der Waals surface area contributed by atoms with E-state index >= 15 is 0 Å². The van der Waals surface area contributed by atoms with E-state index in [0.29, 0.717) is 23.8 Å². The molecule has 0 spiro atoms. The van der Waals surface area contributed by atoms with E-state index in [9.17, 15) is 4.39 Å². The van der Waals surface area contributed by atoms with Gasteiger partial charge in [-0.15, -0.1) is 0 Å². The molecule has 5 heteroatoms. The molecule has 90 valence electrons. The predicted octanol–water partition coefficient (Wildman–Crippen LogP) is 3.24. The third-order valence-electron chi connectivity index (χ3n) is 2.30. The van der Waals surface area contributed by atoms with E-state index in [1.165, 1.54) is 6.07 Å². The van der Waals surface area contributed by atoms with Gasteiger partial charge in [-0.25, -0.2) is 9.37 Å². The fourth-order valence-electron chi connectivity index (χ4n) is 1.44. The van der Waals surface area contributed by atoms with Crippen molar-refractivity contribution in [3.8, 4) is 11.3 Å². The minimum Gasteiger partial charge on any atom is -0.439 e. The quantitative estimate of drug-likeness (QED) is 0.910. The number of nitrogens with zero attached hydrogens (tertiary/aromatic N) is 1. The molecule has 0 aliphatic rings. The van der Waals surface area contributed by atoms with Crippen LogP contribution in [0.25, 0.3) is 11.3 Å². The highest BCUT2D eigenvalue weighted by molar-refractivity contribution is 6.33. The molecule has 1 aromatic heterocycles. The molecule has 2 aromatic rings. The number of rotatable bonds is 4. The molecule has 0 amide bonds. The zero-order valence-corrected chi connectivity index (χ0v) is 10.1. The Morgan fingerprint density at radius 3 is 3.06 bits per heavy atom. The van der Waals surface area contributed by atoms with Gasteiger partial charge >= 0.3 is 0 Å². The van der Waals surface area contributed by atoms with Gasteiger partial charge in [0.1, 0.15) is 5.82 Å². The van der Waals surface area contributed by atoms with Gasteiger partial charge in [0, 0.05) is 5.56 Å².